The van der Waals surface area contributed by atoms with Crippen LogP contribution in [-0.2, 0) is 0 Å². The molecule has 0 radical (unpaired) electrons. The lowest BCUT2D eigenvalue weighted by Crippen LogP contribution is -2.18. The summed E-state index contributed by atoms with van der Waals surface area (Å²) in [7, 11) is 1.71. The number of anilines is 2. The quantitative estimate of drug-likeness (QED) is 0.514. The minimum Gasteiger partial charge on any atom is -0.496 e. The second-order valence-electron chi connectivity index (χ2n) is 7.12. The van der Waals surface area contributed by atoms with Crippen LogP contribution in [0.25, 0.3) is 11.3 Å². The van der Waals surface area contributed by atoms with Gasteiger partial charge in [-0.3, -0.25) is 0 Å². The smallest absolute Gasteiger partial charge is 0.129 e. The summed E-state index contributed by atoms with van der Waals surface area (Å²) in [6, 6.07) is 15.8. The fourth-order valence-electron chi connectivity index (χ4n) is 3.18. The molecule has 2 unspecified atom stereocenters. The Hall–Kier alpha value is -3.66. The Labute approximate surface area is 177 Å². The van der Waals surface area contributed by atoms with Crippen LogP contribution in [-0.4, -0.2) is 35.2 Å². The van der Waals surface area contributed by atoms with Gasteiger partial charge in [-0.2, -0.15) is 5.26 Å². The number of rotatable bonds is 9. The summed E-state index contributed by atoms with van der Waals surface area (Å²) in [5, 5.41) is 15.0. The summed E-state index contributed by atoms with van der Waals surface area (Å²) < 4.78 is 5.51. The molecule has 0 saturated heterocycles. The van der Waals surface area contributed by atoms with Crippen molar-refractivity contribution in [3.63, 3.8) is 0 Å². The zero-order valence-corrected chi connectivity index (χ0v) is 17.5. The number of pyridine rings is 1. The fraction of sp³-hybridized carbons (Fsp3) is 0.304. The van der Waals surface area contributed by atoms with Crippen LogP contribution in [0, 0.1) is 17.2 Å². The maximum Gasteiger partial charge on any atom is 0.129 e. The largest absolute Gasteiger partial charge is 0.496 e. The third-order valence-electron chi connectivity index (χ3n) is 5.16. The lowest BCUT2D eigenvalue weighted by Gasteiger charge is -2.23. The number of hydrogen-bond donors (Lipinski definition) is 2. The fourth-order valence-corrected chi connectivity index (χ4v) is 3.18. The molecule has 2 N–H and O–H groups in total. The molecular weight excluding hydrogens is 376 g/mol. The van der Waals surface area contributed by atoms with E-state index in [4.69, 9.17) is 10.00 Å². The molecule has 1 aromatic carbocycles. The SMILES string of the molecule is COc1ccccc1C(C)C(C)CNc1cc(-c2ccc(NCC#N)nc2)ncn1. The van der Waals surface area contributed by atoms with Crippen LogP contribution in [0.1, 0.15) is 25.3 Å². The van der Waals surface area contributed by atoms with Gasteiger partial charge in [0.05, 0.1) is 18.9 Å². The van der Waals surface area contributed by atoms with Gasteiger partial charge in [0, 0.05) is 24.4 Å². The molecule has 0 saturated carbocycles. The van der Waals surface area contributed by atoms with Crippen molar-refractivity contribution < 1.29 is 4.74 Å². The number of ether oxygens (including phenoxy) is 1. The van der Waals surface area contributed by atoms with Crippen molar-refractivity contribution in [2.75, 3.05) is 30.8 Å². The van der Waals surface area contributed by atoms with E-state index < -0.39 is 0 Å². The number of para-hydroxylation sites is 1. The summed E-state index contributed by atoms with van der Waals surface area (Å²) in [5.74, 6) is 3.04. The molecule has 7 heteroatoms. The molecule has 2 heterocycles. The van der Waals surface area contributed by atoms with Gasteiger partial charge >= 0.3 is 0 Å². The maximum atomic E-state index is 8.63. The first-order valence-corrected chi connectivity index (χ1v) is 9.88. The summed E-state index contributed by atoms with van der Waals surface area (Å²) in [6.45, 7) is 5.41. The van der Waals surface area contributed by atoms with Crippen LogP contribution in [0.5, 0.6) is 5.75 Å². The second kappa shape index (κ2) is 10.2. The molecule has 2 atom stereocenters. The van der Waals surface area contributed by atoms with Crippen molar-refractivity contribution in [1.82, 2.24) is 15.0 Å². The van der Waals surface area contributed by atoms with Gasteiger partial charge in [0.25, 0.3) is 0 Å². The van der Waals surface area contributed by atoms with E-state index in [0.29, 0.717) is 17.7 Å². The molecule has 0 bridgehead atoms. The number of nitrogens with one attached hydrogen (secondary N) is 2. The van der Waals surface area contributed by atoms with E-state index in [2.05, 4.69) is 45.5 Å². The zero-order chi connectivity index (χ0) is 21.3. The van der Waals surface area contributed by atoms with Gasteiger partial charge < -0.3 is 15.4 Å². The van der Waals surface area contributed by atoms with E-state index in [1.54, 1.807) is 19.6 Å². The molecule has 0 spiro atoms. The van der Waals surface area contributed by atoms with E-state index in [1.807, 2.05) is 42.5 Å². The summed E-state index contributed by atoms with van der Waals surface area (Å²) in [6.07, 6.45) is 3.28. The zero-order valence-electron chi connectivity index (χ0n) is 17.5. The molecule has 7 nitrogen and oxygen atoms in total. The third kappa shape index (κ3) is 5.23. The van der Waals surface area contributed by atoms with Crippen molar-refractivity contribution in [2.45, 2.75) is 19.8 Å². The minimum atomic E-state index is 0.222. The summed E-state index contributed by atoms with van der Waals surface area (Å²) in [4.78, 5) is 13.0. The first-order valence-electron chi connectivity index (χ1n) is 9.88. The molecule has 0 aliphatic carbocycles. The molecule has 3 rings (SSSR count). The Balaban J connectivity index is 1.64. The van der Waals surface area contributed by atoms with Crippen molar-refractivity contribution in [2.24, 2.45) is 5.92 Å². The Morgan fingerprint density at radius 3 is 2.60 bits per heavy atom. The topological polar surface area (TPSA) is 95.8 Å². The highest BCUT2D eigenvalue weighted by atomic mass is 16.5. The van der Waals surface area contributed by atoms with Crippen LogP contribution < -0.4 is 15.4 Å². The van der Waals surface area contributed by atoms with Gasteiger partial charge in [0.2, 0.25) is 0 Å². The standard InChI is InChI=1S/C23H26N6O/c1-16(17(2)19-6-4-5-7-21(19)30-3)13-26-23-12-20(28-15-29-23)18-8-9-22(27-14-18)25-11-10-24/h4-9,12,14-17H,11,13H2,1-3H3,(H,25,27)(H,26,28,29). The number of nitrogens with zero attached hydrogens (tertiary/aromatic N) is 4. The Bertz CT molecular complexity index is 999. The van der Waals surface area contributed by atoms with Gasteiger partial charge in [-0.05, 0) is 35.6 Å². The number of hydrogen-bond acceptors (Lipinski definition) is 7. The van der Waals surface area contributed by atoms with Gasteiger partial charge in [0.1, 0.15) is 30.3 Å². The molecule has 0 fully saturated rings. The van der Waals surface area contributed by atoms with Crippen LogP contribution in [0.15, 0.2) is 55.0 Å². The monoisotopic (exact) mass is 402 g/mol. The molecule has 0 aliphatic heterocycles. The highest BCUT2D eigenvalue weighted by Gasteiger charge is 2.18. The number of nitriles is 1. The second-order valence-corrected chi connectivity index (χ2v) is 7.12. The average molecular weight is 403 g/mol. The molecule has 2 aromatic heterocycles. The van der Waals surface area contributed by atoms with Crippen molar-refractivity contribution in [3.8, 4) is 23.1 Å². The predicted molar refractivity (Wildman–Crippen MR) is 118 cm³/mol. The summed E-state index contributed by atoms with van der Waals surface area (Å²) in [5.41, 5.74) is 2.88. The van der Waals surface area contributed by atoms with Crippen LogP contribution in [0.4, 0.5) is 11.6 Å². The number of methoxy groups -OCH3 is 1. The van der Waals surface area contributed by atoms with Crippen molar-refractivity contribution in [1.29, 1.82) is 5.26 Å². The van der Waals surface area contributed by atoms with E-state index in [1.165, 1.54) is 5.56 Å². The summed E-state index contributed by atoms with van der Waals surface area (Å²) >= 11 is 0. The molecule has 154 valence electrons. The Morgan fingerprint density at radius 1 is 1.03 bits per heavy atom. The van der Waals surface area contributed by atoms with E-state index in [0.717, 1.165) is 29.4 Å². The van der Waals surface area contributed by atoms with Crippen LogP contribution >= 0.6 is 0 Å². The maximum absolute atomic E-state index is 8.63. The van der Waals surface area contributed by atoms with Crippen LogP contribution in [0.2, 0.25) is 0 Å². The highest BCUT2D eigenvalue weighted by molar-refractivity contribution is 5.62. The molecule has 0 aliphatic rings. The number of aromatic nitrogens is 3. The minimum absolute atomic E-state index is 0.222. The van der Waals surface area contributed by atoms with Crippen molar-refractivity contribution in [3.05, 3.63) is 60.6 Å². The van der Waals surface area contributed by atoms with Gasteiger partial charge in [-0.15, -0.1) is 0 Å². The Morgan fingerprint density at radius 2 is 1.87 bits per heavy atom. The van der Waals surface area contributed by atoms with Crippen molar-refractivity contribution >= 4 is 11.6 Å². The molecule has 3 aromatic rings. The lowest BCUT2D eigenvalue weighted by atomic mass is 9.88. The highest BCUT2D eigenvalue weighted by Crippen LogP contribution is 2.31. The predicted octanol–water partition coefficient (Wildman–Crippen LogP) is 4.33. The molecule has 30 heavy (non-hydrogen) atoms. The van der Waals surface area contributed by atoms with E-state index in [-0.39, 0.29) is 6.54 Å². The first-order chi connectivity index (χ1) is 14.6. The molecular formula is C23H26N6O. The van der Waals surface area contributed by atoms with Gasteiger partial charge in [0.15, 0.2) is 0 Å². The normalized spacial score (nSPS) is 12.5. The van der Waals surface area contributed by atoms with Crippen LogP contribution in [0.3, 0.4) is 0 Å². The Kier molecular flexibility index (Phi) is 7.17. The van der Waals surface area contributed by atoms with Gasteiger partial charge in [-0.25, -0.2) is 15.0 Å². The molecule has 0 amide bonds. The van der Waals surface area contributed by atoms with Gasteiger partial charge in [-0.1, -0.05) is 32.0 Å². The first kappa shape index (κ1) is 21.1. The number of benzene rings is 1. The average Bonchev–Trinajstić information content (AvgIpc) is 2.81. The van der Waals surface area contributed by atoms with E-state index >= 15 is 0 Å². The van der Waals surface area contributed by atoms with E-state index in [9.17, 15) is 0 Å². The third-order valence-corrected chi connectivity index (χ3v) is 5.16. The lowest BCUT2D eigenvalue weighted by molar-refractivity contribution is 0.397.